The van der Waals surface area contributed by atoms with Crippen LogP contribution in [0.4, 0.5) is 0 Å². The van der Waals surface area contributed by atoms with Crippen molar-refractivity contribution >= 4 is 0 Å². The maximum absolute atomic E-state index is 5.71. The molecule has 20 heavy (non-hydrogen) atoms. The maximum Gasteiger partial charge on any atom is 0.0313 e. The number of hydrogen-bond acceptors (Lipinski definition) is 4. The zero-order valence-electron chi connectivity index (χ0n) is 12.9. The first-order valence-corrected chi connectivity index (χ1v) is 7.80. The van der Waals surface area contributed by atoms with Crippen LogP contribution in [0.2, 0.25) is 0 Å². The Hall–Kier alpha value is -0.970. The molecule has 1 aliphatic rings. The predicted octanol–water partition coefficient (Wildman–Crippen LogP) is 1.64. The largest absolute Gasteiger partial charge is 0.330 e. The minimum Gasteiger partial charge on any atom is -0.330 e. The summed E-state index contributed by atoms with van der Waals surface area (Å²) in [5.74, 6) is 0. The molecule has 2 rings (SSSR count). The van der Waals surface area contributed by atoms with Crippen LogP contribution in [0.1, 0.15) is 30.9 Å². The SMILES string of the molecule is CCC(CCN)N1CCN(Cc2cncc(C)c2)CC1. The predicted molar refractivity (Wildman–Crippen MR) is 83.6 cm³/mol. The van der Waals surface area contributed by atoms with E-state index in [0.29, 0.717) is 6.04 Å². The molecule has 0 saturated carbocycles. The molecule has 0 spiro atoms. The normalized spacial score (nSPS) is 19.1. The lowest BCUT2D eigenvalue weighted by molar-refractivity contribution is 0.0870. The number of piperazine rings is 1. The summed E-state index contributed by atoms with van der Waals surface area (Å²) in [6, 6.07) is 2.91. The molecule has 0 aliphatic carbocycles. The first-order chi connectivity index (χ1) is 9.72. The van der Waals surface area contributed by atoms with Crippen LogP contribution < -0.4 is 5.73 Å². The van der Waals surface area contributed by atoms with Crippen molar-refractivity contribution in [1.29, 1.82) is 0 Å². The third-order valence-electron chi connectivity index (χ3n) is 4.23. The van der Waals surface area contributed by atoms with Gasteiger partial charge in [-0.2, -0.15) is 0 Å². The summed E-state index contributed by atoms with van der Waals surface area (Å²) in [7, 11) is 0. The van der Waals surface area contributed by atoms with Gasteiger partial charge in [0.1, 0.15) is 0 Å². The van der Waals surface area contributed by atoms with E-state index in [-0.39, 0.29) is 0 Å². The monoisotopic (exact) mass is 276 g/mol. The quantitative estimate of drug-likeness (QED) is 0.858. The number of rotatable bonds is 6. The minimum absolute atomic E-state index is 0.669. The molecule has 0 amide bonds. The second-order valence-corrected chi connectivity index (χ2v) is 5.82. The molecule has 1 aliphatic heterocycles. The lowest BCUT2D eigenvalue weighted by Crippen LogP contribution is -2.50. The molecule has 1 saturated heterocycles. The van der Waals surface area contributed by atoms with E-state index in [0.717, 1.165) is 45.7 Å². The van der Waals surface area contributed by atoms with Gasteiger partial charge in [-0.3, -0.25) is 14.8 Å². The van der Waals surface area contributed by atoms with Crippen LogP contribution in [0.15, 0.2) is 18.5 Å². The molecule has 0 radical (unpaired) electrons. The fourth-order valence-electron chi connectivity index (χ4n) is 3.09. The van der Waals surface area contributed by atoms with Crippen molar-refractivity contribution in [3.05, 3.63) is 29.6 Å². The van der Waals surface area contributed by atoms with Gasteiger partial charge in [-0.15, -0.1) is 0 Å². The van der Waals surface area contributed by atoms with Crippen molar-refractivity contribution in [2.75, 3.05) is 32.7 Å². The van der Waals surface area contributed by atoms with E-state index in [1.54, 1.807) is 0 Å². The topological polar surface area (TPSA) is 45.4 Å². The van der Waals surface area contributed by atoms with Gasteiger partial charge in [0.25, 0.3) is 0 Å². The number of nitrogens with two attached hydrogens (primary N) is 1. The Morgan fingerprint density at radius 2 is 2.00 bits per heavy atom. The van der Waals surface area contributed by atoms with Gasteiger partial charge in [-0.25, -0.2) is 0 Å². The van der Waals surface area contributed by atoms with Crippen LogP contribution in [-0.4, -0.2) is 53.5 Å². The lowest BCUT2D eigenvalue weighted by Gasteiger charge is -2.39. The Bertz CT molecular complexity index is 399. The number of aryl methyl sites for hydroxylation is 1. The summed E-state index contributed by atoms with van der Waals surface area (Å²) in [6.07, 6.45) is 6.24. The first kappa shape index (κ1) is 15.4. The second kappa shape index (κ2) is 7.72. The van der Waals surface area contributed by atoms with Crippen molar-refractivity contribution < 1.29 is 0 Å². The van der Waals surface area contributed by atoms with Gasteiger partial charge in [0.15, 0.2) is 0 Å². The van der Waals surface area contributed by atoms with Crippen LogP contribution >= 0.6 is 0 Å². The molecule has 0 aromatic carbocycles. The van der Waals surface area contributed by atoms with E-state index >= 15 is 0 Å². The van der Waals surface area contributed by atoms with Gasteiger partial charge in [-0.1, -0.05) is 13.0 Å². The zero-order chi connectivity index (χ0) is 14.4. The molecule has 1 atom stereocenters. The van der Waals surface area contributed by atoms with E-state index in [9.17, 15) is 0 Å². The van der Waals surface area contributed by atoms with Crippen molar-refractivity contribution in [2.45, 2.75) is 39.3 Å². The van der Waals surface area contributed by atoms with Crippen molar-refractivity contribution in [3.8, 4) is 0 Å². The van der Waals surface area contributed by atoms with Gasteiger partial charge in [0.2, 0.25) is 0 Å². The zero-order valence-corrected chi connectivity index (χ0v) is 12.9. The third-order valence-corrected chi connectivity index (χ3v) is 4.23. The summed E-state index contributed by atoms with van der Waals surface area (Å²) in [5, 5.41) is 0. The summed E-state index contributed by atoms with van der Waals surface area (Å²) in [5.41, 5.74) is 8.28. The Balaban J connectivity index is 1.82. The van der Waals surface area contributed by atoms with Crippen molar-refractivity contribution in [3.63, 3.8) is 0 Å². The Morgan fingerprint density at radius 1 is 1.25 bits per heavy atom. The molecule has 0 bridgehead atoms. The number of aromatic nitrogens is 1. The molecule has 1 aromatic heterocycles. The van der Waals surface area contributed by atoms with Gasteiger partial charge in [0.05, 0.1) is 0 Å². The maximum atomic E-state index is 5.71. The lowest BCUT2D eigenvalue weighted by atomic mass is 10.1. The molecule has 4 nitrogen and oxygen atoms in total. The first-order valence-electron chi connectivity index (χ1n) is 7.80. The molecule has 1 fully saturated rings. The van der Waals surface area contributed by atoms with Gasteiger partial charge < -0.3 is 5.73 Å². The van der Waals surface area contributed by atoms with E-state index in [1.165, 1.54) is 17.5 Å². The molecular formula is C16H28N4. The standard InChI is InChI=1S/C16H28N4/c1-3-16(4-5-17)20-8-6-19(7-9-20)13-15-10-14(2)11-18-12-15/h10-12,16H,3-9,13,17H2,1-2H3. The summed E-state index contributed by atoms with van der Waals surface area (Å²) < 4.78 is 0. The second-order valence-electron chi connectivity index (χ2n) is 5.82. The summed E-state index contributed by atoms with van der Waals surface area (Å²) in [4.78, 5) is 9.42. The summed E-state index contributed by atoms with van der Waals surface area (Å²) >= 11 is 0. The van der Waals surface area contributed by atoms with E-state index < -0.39 is 0 Å². The number of hydrogen-bond donors (Lipinski definition) is 1. The Kier molecular flexibility index (Phi) is 5.95. The third kappa shape index (κ3) is 4.27. The Labute approximate surface area is 123 Å². The average Bonchev–Trinajstić information content (AvgIpc) is 2.46. The molecular weight excluding hydrogens is 248 g/mol. The minimum atomic E-state index is 0.669. The molecule has 1 unspecified atom stereocenters. The molecule has 4 heteroatoms. The fraction of sp³-hybridized carbons (Fsp3) is 0.688. The van der Waals surface area contributed by atoms with Crippen LogP contribution in [-0.2, 0) is 6.54 Å². The summed E-state index contributed by atoms with van der Waals surface area (Å²) in [6.45, 7) is 10.8. The van der Waals surface area contributed by atoms with Crippen LogP contribution in [0.5, 0.6) is 0 Å². The molecule has 112 valence electrons. The van der Waals surface area contributed by atoms with Crippen molar-refractivity contribution in [1.82, 2.24) is 14.8 Å². The smallest absolute Gasteiger partial charge is 0.0313 e. The fourth-order valence-corrected chi connectivity index (χ4v) is 3.09. The number of nitrogens with zero attached hydrogens (tertiary/aromatic N) is 3. The number of pyridine rings is 1. The highest BCUT2D eigenvalue weighted by molar-refractivity contribution is 5.16. The molecule has 2 N–H and O–H groups in total. The van der Waals surface area contributed by atoms with Gasteiger partial charge in [0, 0.05) is 51.2 Å². The van der Waals surface area contributed by atoms with Crippen molar-refractivity contribution in [2.24, 2.45) is 5.73 Å². The Morgan fingerprint density at radius 3 is 2.60 bits per heavy atom. The van der Waals surface area contributed by atoms with Gasteiger partial charge in [-0.05, 0) is 37.4 Å². The van der Waals surface area contributed by atoms with Gasteiger partial charge >= 0.3 is 0 Å². The average molecular weight is 276 g/mol. The van der Waals surface area contributed by atoms with E-state index in [4.69, 9.17) is 5.73 Å². The van der Waals surface area contributed by atoms with Crippen LogP contribution in [0.25, 0.3) is 0 Å². The highest BCUT2D eigenvalue weighted by atomic mass is 15.3. The highest BCUT2D eigenvalue weighted by Gasteiger charge is 2.22. The van der Waals surface area contributed by atoms with E-state index in [1.807, 2.05) is 12.4 Å². The molecule has 2 heterocycles. The highest BCUT2D eigenvalue weighted by Crippen LogP contribution is 2.14. The van der Waals surface area contributed by atoms with Crippen LogP contribution in [0.3, 0.4) is 0 Å². The van der Waals surface area contributed by atoms with Crippen LogP contribution in [0, 0.1) is 6.92 Å². The van der Waals surface area contributed by atoms with E-state index in [2.05, 4.69) is 34.7 Å². The molecule has 1 aromatic rings.